The first kappa shape index (κ1) is 49.4. The fourth-order valence-electron chi connectivity index (χ4n) is 8.63. The molecule has 15 heteroatoms. The van der Waals surface area contributed by atoms with Gasteiger partial charge in [0.2, 0.25) is 5.91 Å². The highest BCUT2D eigenvalue weighted by molar-refractivity contribution is 7.81. The van der Waals surface area contributed by atoms with Crippen LogP contribution in [0.3, 0.4) is 0 Å². The number of unbranched alkanes of at least 4 members (excludes halogenated alkanes) is 1. The molecule has 2 aliphatic heterocycles. The third kappa shape index (κ3) is 10.8. The maximum absolute atomic E-state index is 14.3. The predicted molar refractivity (Wildman–Crippen MR) is 270 cm³/mol. The van der Waals surface area contributed by atoms with Gasteiger partial charge in [0.15, 0.2) is 16.6 Å². The van der Waals surface area contributed by atoms with Crippen LogP contribution in [0.15, 0.2) is 96.5 Å². The number of benzene rings is 4. The van der Waals surface area contributed by atoms with Crippen LogP contribution in [-0.4, -0.2) is 87.1 Å². The number of ether oxygens (including phenoxy) is 2. The number of ketones is 1. The first-order chi connectivity index (χ1) is 32.4. The van der Waals surface area contributed by atoms with Gasteiger partial charge in [0.1, 0.15) is 23.1 Å². The molecule has 2 N–H and O–H groups in total. The zero-order chi connectivity index (χ0) is 48.9. The van der Waals surface area contributed by atoms with Crippen molar-refractivity contribution in [1.82, 2.24) is 15.2 Å². The molecule has 0 saturated carbocycles. The lowest BCUT2D eigenvalue weighted by Crippen LogP contribution is -2.56. The average Bonchev–Trinajstić information content (AvgIpc) is 3.98. The van der Waals surface area contributed by atoms with E-state index in [0.717, 1.165) is 32.9 Å². The largest absolute Gasteiger partial charge is 0.494 e. The van der Waals surface area contributed by atoms with Crippen molar-refractivity contribution in [2.45, 2.75) is 104 Å². The maximum Gasteiger partial charge on any atom is 0.259 e. The molecule has 68 heavy (non-hydrogen) atoms. The van der Waals surface area contributed by atoms with Crippen LogP contribution < -0.4 is 24.6 Å². The molecule has 3 atom stereocenters. The minimum atomic E-state index is -0.993. The van der Waals surface area contributed by atoms with Crippen LogP contribution in [-0.2, 0) is 20.8 Å². The summed E-state index contributed by atoms with van der Waals surface area (Å²) in [6.45, 7) is 21.1. The summed E-state index contributed by atoms with van der Waals surface area (Å²) >= 11 is 7.42. The number of aromatic nitrogens is 1. The topological polar surface area (TPSA) is 146 Å². The number of amides is 3. The van der Waals surface area contributed by atoms with E-state index < -0.39 is 41.0 Å². The van der Waals surface area contributed by atoms with Crippen LogP contribution in [0.2, 0.25) is 0 Å². The summed E-state index contributed by atoms with van der Waals surface area (Å²) in [6, 6.07) is 25.8. The highest BCUT2D eigenvalue weighted by atomic mass is 32.1. The number of carbonyl (C=O) groups excluding carboxylic acids is 4. The summed E-state index contributed by atoms with van der Waals surface area (Å²) in [6.07, 6.45) is 1.28. The molecule has 4 aromatic carbocycles. The van der Waals surface area contributed by atoms with Gasteiger partial charge in [-0.1, -0.05) is 63.2 Å². The monoisotopic (exact) mass is 954 g/mol. The van der Waals surface area contributed by atoms with Crippen molar-refractivity contribution < 1.29 is 33.8 Å². The molecule has 0 aliphatic carbocycles. The Balaban J connectivity index is 0.900. The summed E-state index contributed by atoms with van der Waals surface area (Å²) in [4.78, 5) is 69.4. The molecule has 0 bridgehead atoms. The highest BCUT2D eigenvalue weighted by Gasteiger charge is 2.50. The summed E-state index contributed by atoms with van der Waals surface area (Å²) < 4.78 is 12.1. The smallest absolute Gasteiger partial charge is 0.259 e. The number of likely N-dealkylation sites (tertiary alicyclic amines) is 1. The molecular formula is C53H58N6O7S2. The van der Waals surface area contributed by atoms with Crippen LogP contribution in [0, 0.1) is 25.8 Å². The molecule has 5 aromatic rings. The molecule has 7 rings (SSSR count). The van der Waals surface area contributed by atoms with Crippen LogP contribution in [0.4, 0.5) is 17.1 Å². The Morgan fingerprint density at radius 1 is 0.971 bits per heavy atom. The van der Waals surface area contributed by atoms with Gasteiger partial charge < -0.3 is 29.7 Å². The van der Waals surface area contributed by atoms with E-state index in [0.29, 0.717) is 60.5 Å². The van der Waals surface area contributed by atoms with Crippen LogP contribution >= 0.6 is 23.6 Å². The van der Waals surface area contributed by atoms with E-state index in [1.807, 2.05) is 107 Å². The number of anilines is 2. The zero-order valence-corrected chi connectivity index (χ0v) is 41.2. The van der Waals surface area contributed by atoms with Gasteiger partial charge in [-0.15, -0.1) is 11.3 Å². The lowest BCUT2D eigenvalue weighted by atomic mass is 9.85. The molecule has 2 fully saturated rings. The van der Waals surface area contributed by atoms with E-state index in [4.69, 9.17) is 28.3 Å². The molecule has 3 heterocycles. The number of β-amino-alcohol motifs (C(OH)–C–C–N with tert-alkyl or cyclic N) is 1. The molecule has 2 aliphatic rings. The third-order valence-electron chi connectivity index (χ3n) is 12.5. The summed E-state index contributed by atoms with van der Waals surface area (Å²) in [5.74, 6) is -0.174. The number of nitrogens with zero attached hydrogens (tertiary/aromatic N) is 5. The number of para-hydroxylation sites is 1. The van der Waals surface area contributed by atoms with Crippen molar-refractivity contribution in [2.75, 3.05) is 29.6 Å². The number of thiocarbonyl (C=S) groups is 1. The number of Topliss-reactive ketones (excluding diaryl/α,β-unsaturated/α-hetero) is 1. The van der Waals surface area contributed by atoms with Crippen molar-refractivity contribution in [2.24, 2.45) is 5.41 Å². The van der Waals surface area contributed by atoms with Crippen molar-refractivity contribution in [1.29, 1.82) is 0 Å². The average molecular weight is 955 g/mol. The van der Waals surface area contributed by atoms with Gasteiger partial charge >= 0.3 is 0 Å². The Hall–Kier alpha value is -6.47. The predicted octanol–water partition coefficient (Wildman–Crippen LogP) is 9.44. The van der Waals surface area contributed by atoms with Crippen LogP contribution in [0.1, 0.15) is 87.5 Å². The van der Waals surface area contributed by atoms with Crippen molar-refractivity contribution in [3.63, 3.8) is 0 Å². The molecule has 0 unspecified atom stereocenters. The lowest BCUT2D eigenvalue weighted by molar-refractivity contribution is -0.141. The van der Waals surface area contributed by atoms with Crippen molar-refractivity contribution in [3.05, 3.63) is 130 Å². The molecule has 0 radical (unpaired) electrons. The normalized spacial score (nSPS) is 17.2. The SMILES string of the molecule is [C-]#[N+]c1ccc(N2C(=O)C(C)(C)N(c3ccc(OCCCCOc4ccccc4C(=O)N[C@H](C(=O)N4C[C@H](O)C[C@H]4C(=O)CCc4ccc(-c5scnc5C)cc4)C(C)(C)C)cc3)C2=S)cc1C. The minimum Gasteiger partial charge on any atom is -0.494 e. The van der Waals surface area contributed by atoms with Gasteiger partial charge in [0, 0.05) is 30.8 Å². The zero-order valence-electron chi connectivity index (χ0n) is 39.6. The summed E-state index contributed by atoms with van der Waals surface area (Å²) in [7, 11) is 0. The molecule has 13 nitrogen and oxygen atoms in total. The lowest BCUT2D eigenvalue weighted by Gasteiger charge is -2.35. The van der Waals surface area contributed by atoms with E-state index in [2.05, 4.69) is 15.1 Å². The minimum absolute atomic E-state index is 0.00430. The van der Waals surface area contributed by atoms with Gasteiger partial charge in [0.25, 0.3) is 11.8 Å². The van der Waals surface area contributed by atoms with E-state index in [9.17, 15) is 24.3 Å². The molecule has 0 spiro atoms. The van der Waals surface area contributed by atoms with Crippen molar-refractivity contribution >= 4 is 69.2 Å². The van der Waals surface area contributed by atoms with E-state index in [-0.39, 0.29) is 36.6 Å². The molecule has 2 saturated heterocycles. The first-order valence-corrected chi connectivity index (χ1v) is 24.1. The number of nitrogens with one attached hydrogen (secondary N) is 1. The van der Waals surface area contributed by atoms with E-state index in [1.165, 1.54) is 9.80 Å². The number of thiazole rings is 1. The summed E-state index contributed by atoms with van der Waals surface area (Å²) in [5.41, 5.74) is 6.12. The second-order valence-electron chi connectivity index (χ2n) is 18.9. The molecular weight excluding hydrogens is 897 g/mol. The fourth-order valence-corrected chi connectivity index (χ4v) is 9.96. The number of rotatable bonds is 17. The van der Waals surface area contributed by atoms with Gasteiger partial charge in [-0.3, -0.25) is 24.1 Å². The van der Waals surface area contributed by atoms with E-state index >= 15 is 0 Å². The number of hydrogen-bond acceptors (Lipinski definition) is 10. The molecule has 1 aromatic heterocycles. The van der Waals surface area contributed by atoms with Crippen LogP contribution in [0.5, 0.6) is 11.5 Å². The molecule has 3 amide bonds. The first-order valence-electron chi connectivity index (χ1n) is 22.8. The van der Waals surface area contributed by atoms with Gasteiger partial charge in [0.05, 0.1) is 53.6 Å². The Bertz CT molecular complexity index is 2720. The standard InChI is InChI=1S/C53H58N6O7S2/c1-33-29-38(22-25-42(33)54-8)58-50(64)53(6,7)59(51(58)67)37-20-23-40(24-21-37)65-27-11-12-28-66-45-14-10-9-13-41(45)48(62)56-47(52(3,4)5)49(63)57-31-39(60)30-43(57)44(61)26-17-35-15-18-36(19-16-35)46-34(2)55-32-68-46/h9-10,13-16,18-25,29,32,39,43,47,60H,11-12,17,26-28,30-31H2,1-7H3,(H,56,62)/t39-,43+,47-/m1/s1. The van der Waals surface area contributed by atoms with Gasteiger partial charge in [-0.05, 0) is 130 Å². The molecule has 354 valence electrons. The summed E-state index contributed by atoms with van der Waals surface area (Å²) in [5, 5.41) is 14.0. The second kappa shape index (κ2) is 20.8. The van der Waals surface area contributed by atoms with Crippen LogP contribution in [0.25, 0.3) is 15.3 Å². The highest BCUT2D eigenvalue weighted by Crippen LogP contribution is 2.38. The third-order valence-corrected chi connectivity index (χ3v) is 13.8. The number of aliphatic hydroxyl groups excluding tert-OH is 1. The number of aryl methyl sites for hydroxylation is 3. The van der Waals surface area contributed by atoms with Gasteiger partial charge in [-0.25, -0.2) is 9.83 Å². The van der Waals surface area contributed by atoms with Crippen molar-refractivity contribution in [3.8, 4) is 21.9 Å². The Morgan fingerprint density at radius 2 is 1.65 bits per heavy atom. The second-order valence-corrected chi connectivity index (χ2v) is 20.1. The Kier molecular flexibility index (Phi) is 15.1. The van der Waals surface area contributed by atoms with E-state index in [1.54, 1.807) is 53.8 Å². The number of aliphatic hydroxyl groups is 1. The fraction of sp³-hybridized carbons (Fsp3) is 0.377. The Morgan fingerprint density at radius 3 is 2.29 bits per heavy atom. The quantitative estimate of drug-likeness (QED) is 0.0525. The Labute approximate surface area is 407 Å². The number of hydrogen-bond donors (Lipinski definition) is 2. The van der Waals surface area contributed by atoms with Gasteiger partial charge in [-0.2, -0.15) is 0 Å². The maximum atomic E-state index is 14.3. The number of carbonyl (C=O) groups is 4.